The molecule has 2 unspecified atom stereocenters. The highest BCUT2D eigenvalue weighted by Crippen LogP contribution is 2.43. The highest BCUT2D eigenvalue weighted by atomic mass is 32.2. The molecular weight excluding hydrogens is 462 g/mol. The normalized spacial score (nSPS) is 25.2. The van der Waals surface area contributed by atoms with Crippen LogP contribution in [0.5, 0.6) is 0 Å². The molecule has 2 amide bonds. The van der Waals surface area contributed by atoms with E-state index in [0.717, 1.165) is 23.1 Å². The van der Waals surface area contributed by atoms with Crippen molar-refractivity contribution < 1.29 is 24.3 Å². The molecule has 168 valence electrons. The molecular formula is C18H17N5O7S2. The fourth-order valence-electron chi connectivity index (χ4n) is 3.95. The van der Waals surface area contributed by atoms with Crippen molar-refractivity contribution in [3.8, 4) is 0 Å². The zero-order chi connectivity index (χ0) is 23.4. The number of thiazole rings is 1. The van der Waals surface area contributed by atoms with E-state index in [4.69, 9.17) is 10.6 Å². The molecule has 1 aromatic heterocycles. The minimum atomic E-state index is -1.67. The lowest BCUT2D eigenvalue weighted by molar-refractivity contribution is -0.154. The first-order valence-corrected chi connectivity index (χ1v) is 11.1. The second-order valence-electron chi connectivity index (χ2n) is 7.36. The Morgan fingerprint density at radius 3 is 2.66 bits per heavy atom. The monoisotopic (exact) mass is 479 g/mol. The number of anilines is 1. The summed E-state index contributed by atoms with van der Waals surface area (Å²) in [5.41, 5.74) is 2.47. The number of β-lactam (4-membered cyclic amide) rings is 1. The van der Waals surface area contributed by atoms with Crippen molar-refractivity contribution in [3.63, 3.8) is 0 Å². The number of carboxylic acids is 1. The number of carboxylic acid groups (broad SMARTS) is 1. The van der Waals surface area contributed by atoms with Gasteiger partial charge < -0.3 is 25.9 Å². The molecule has 32 heavy (non-hydrogen) atoms. The summed E-state index contributed by atoms with van der Waals surface area (Å²) in [6, 6.07) is -0.925. The molecule has 2 saturated heterocycles. The Kier molecular flexibility index (Phi) is 5.29. The van der Waals surface area contributed by atoms with Gasteiger partial charge in [-0.3, -0.25) is 24.0 Å². The quantitative estimate of drug-likeness (QED) is 0.189. The highest BCUT2D eigenvalue weighted by Gasteiger charge is 2.60. The summed E-state index contributed by atoms with van der Waals surface area (Å²) in [6.45, 7) is 1.14. The molecule has 4 rings (SSSR count). The van der Waals surface area contributed by atoms with E-state index in [1.54, 1.807) is 0 Å². The van der Waals surface area contributed by atoms with E-state index in [1.165, 1.54) is 24.3 Å². The molecule has 2 aliphatic heterocycles. The lowest BCUT2D eigenvalue weighted by Gasteiger charge is -2.54. The first kappa shape index (κ1) is 22.0. The van der Waals surface area contributed by atoms with Gasteiger partial charge in [0, 0.05) is 28.8 Å². The maximum Gasteiger partial charge on any atom is 0.316 e. The highest BCUT2D eigenvalue weighted by molar-refractivity contribution is 8.00. The van der Waals surface area contributed by atoms with Crippen molar-refractivity contribution in [2.45, 2.75) is 23.8 Å². The van der Waals surface area contributed by atoms with Crippen LogP contribution in [0.1, 0.15) is 16.8 Å². The van der Waals surface area contributed by atoms with Gasteiger partial charge in [0.15, 0.2) is 10.8 Å². The van der Waals surface area contributed by atoms with Crippen molar-refractivity contribution in [3.05, 3.63) is 42.6 Å². The third-order valence-electron chi connectivity index (χ3n) is 5.57. The predicted octanol–water partition coefficient (Wildman–Crippen LogP) is -1.60. The van der Waals surface area contributed by atoms with Gasteiger partial charge in [0.2, 0.25) is 16.8 Å². The summed E-state index contributed by atoms with van der Waals surface area (Å²) in [7, 11) is 1.25. The van der Waals surface area contributed by atoms with Crippen molar-refractivity contribution in [2.75, 3.05) is 25.1 Å². The first-order chi connectivity index (χ1) is 15.1. The molecule has 0 aliphatic carbocycles. The number of aromatic nitrogens is 1. The van der Waals surface area contributed by atoms with E-state index in [2.05, 4.69) is 15.5 Å². The van der Waals surface area contributed by atoms with E-state index < -0.39 is 45.5 Å². The van der Waals surface area contributed by atoms with Crippen LogP contribution in [0.15, 0.2) is 20.1 Å². The third-order valence-corrected chi connectivity index (χ3v) is 7.77. The molecule has 0 saturated carbocycles. The molecule has 2 aromatic rings. The van der Waals surface area contributed by atoms with Crippen LogP contribution in [-0.4, -0.2) is 69.3 Å². The van der Waals surface area contributed by atoms with Crippen molar-refractivity contribution in [1.29, 1.82) is 0 Å². The molecule has 1 aromatic carbocycles. The first-order valence-electron chi connectivity index (χ1n) is 9.21. The fourth-order valence-corrected chi connectivity index (χ4v) is 6.04. The Hall–Kier alpha value is -3.26. The van der Waals surface area contributed by atoms with Crippen LogP contribution in [-0.2, 0) is 24.6 Å². The molecule has 0 spiro atoms. The molecule has 2 fully saturated rings. The SMILES string of the molecule is CON=C(C(=O)NC1C(=O)N2CC(C(=O)O)(c3c(C)c(=O)c3=O)CS[C@H]12)c1csc(N)n1. The Morgan fingerprint density at radius 1 is 1.38 bits per heavy atom. The summed E-state index contributed by atoms with van der Waals surface area (Å²) >= 11 is 2.22. The number of hydrogen-bond acceptors (Lipinski definition) is 11. The number of oxime groups is 1. The molecule has 3 atom stereocenters. The average molecular weight is 479 g/mol. The van der Waals surface area contributed by atoms with E-state index in [9.17, 15) is 29.1 Å². The zero-order valence-electron chi connectivity index (χ0n) is 16.8. The number of hydrogen-bond donors (Lipinski definition) is 3. The van der Waals surface area contributed by atoms with Crippen LogP contribution in [0.2, 0.25) is 0 Å². The van der Waals surface area contributed by atoms with Gasteiger partial charge in [-0.05, 0) is 6.92 Å². The van der Waals surface area contributed by atoms with E-state index in [0.29, 0.717) is 0 Å². The number of carbonyl (C=O) groups is 3. The average Bonchev–Trinajstić information content (AvgIpc) is 3.20. The second kappa shape index (κ2) is 7.70. The number of rotatable bonds is 6. The maximum atomic E-state index is 12.8. The molecule has 14 heteroatoms. The van der Waals surface area contributed by atoms with Gasteiger partial charge >= 0.3 is 5.97 Å². The van der Waals surface area contributed by atoms with Crippen molar-refractivity contribution in [1.82, 2.24) is 15.2 Å². The Bertz CT molecular complexity index is 1250. The number of nitrogens with two attached hydrogens (primary N) is 1. The van der Waals surface area contributed by atoms with E-state index in [-0.39, 0.29) is 40.0 Å². The van der Waals surface area contributed by atoms with Crippen LogP contribution < -0.4 is 21.9 Å². The van der Waals surface area contributed by atoms with Crippen LogP contribution >= 0.6 is 23.1 Å². The molecule has 0 radical (unpaired) electrons. The number of amides is 2. The van der Waals surface area contributed by atoms with E-state index >= 15 is 0 Å². The van der Waals surface area contributed by atoms with Gasteiger partial charge in [-0.15, -0.1) is 23.1 Å². The van der Waals surface area contributed by atoms with Crippen LogP contribution in [0.4, 0.5) is 5.13 Å². The number of thioether (sulfide) groups is 1. The van der Waals surface area contributed by atoms with Crippen LogP contribution in [0.3, 0.4) is 0 Å². The van der Waals surface area contributed by atoms with Gasteiger partial charge in [-0.25, -0.2) is 4.98 Å². The lowest BCUT2D eigenvalue weighted by Crippen LogP contribution is -2.75. The number of nitrogen functional groups attached to an aromatic ring is 1. The summed E-state index contributed by atoms with van der Waals surface area (Å²) < 4.78 is 0. The van der Waals surface area contributed by atoms with Crippen LogP contribution in [0.25, 0.3) is 0 Å². The minimum Gasteiger partial charge on any atom is -0.481 e. The molecule has 12 nitrogen and oxygen atoms in total. The van der Waals surface area contributed by atoms with Crippen molar-refractivity contribution >= 4 is 51.7 Å². The van der Waals surface area contributed by atoms with Gasteiger partial charge in [0.25, 0.3) is 5.91 Å². The standard InChI is InChI=1S/C18H17N5O7S2/c1-6-8(12(25)11(6)24)18(16(28)29)4-23-14(27)10(15(23)32-5-18)21-13(26)9(22-30-2)7-3-31-17(19)20-7/h3,10,15H,4-5H2,1-2H3,(H2,19,20)(H,21,26)(H,28,29)/t10?,15-,18?/m1/s1. The topological polar surface area (TPSA) is 181 Å². The van der Waals surface area contributed by atoms with Crippen LogP contribution in [0, 0.1) is 6.92 Å². The minimum absolute atomic E-state index is 0.0313. The Labute approximate surface area is 188 Å². The number of aliphatic carboxylic acids is 1. The fraction of sp³-hybridized carbons (Fsp3) is 0.389. The van der Waals surface area contributed by atoms with Gasteiger partial charge in [0.05, 0.1) is 0 Å². The number of fused-ring (bicyclic) bond motifs is 1. The predicted molar refractivity (Wildman–Crippen MR) is 115 cm³/mol. The Morgan fingerprint density at radius 2 is 2.09 bits per heavy atom. The zero-order valence-corrected chi connectivity index (χ0v) is 18.4. The molecule has 0 bridgehead atoms. The summed E-state index contributed by atoms with van der Waals surface area (Å²) in [5.74, 6) is -2.53. The summed E-state index contributed by atoms with van der Waals surface area (Å²) in [6.07, 6.45) is 0. The summed E-state index contributed by atoms with van der Waals surface area (Å²) in [5, 5.41) is 17.3. The Balaban J connectivity index is 1.53. The largest absolute Gasteiger partial charge is 0.481 e. The lowest BCUT2D eigenvalue weighted by atomic mass is 9.75. The second-order valence-corrected chi connectivity index (χ2v) is 9.35. The smallest absolute Gasteiger partial charge is 0.316 e. The van der Waals surface area contributed by atoms with Gasteiger partial charge in [-0.2, -0.15) is 0 Å². The molecule has 4 N–H and O–H groups in total. The maximum absolute atomic E-state index is 12.8. The third kappa shape index (κ3) is 3.09. The van der Waals surface area contributed by atoms with E-state index in [1.807, 2.05) is 0 Å². The van der Waals surface area contributed by atoms with Gasteiger partial charge in [0.1, 0.15) is 29.6 Å². The van der Waals surface area contributed by atoms with Crippen molar-refractivity contribution in [2.24, 2.45) is 5.16 Å². The summed E-state index contributed by atoms with van der Waals surface area (Å²) in [4.78, 5) is 71.3. The van der Waals surface area contributed by atoms with Gasteiger partial charge in [-0.1, -0.05) is 5.16 Å². The number of carbonyl (C=O) groups excluding carboxylic acids is 2. The molecule has 2 aliphatic rings. The number of nitrogens with zero attached hydrogens (tertiary/aromatic N) is 3. The number of nitrogens with one attached hydrogen (secondary N) is 1. The molecule has 3 heterocycles.